The first kappa shape index (κ1) is 28.0. The Kier molecular flexibility index (Phi) is 6.74. The Morgan fingerprint density at radius 1 is 1.07 bits per heavy atom. The highest BCUT2D eigenvalue weighted by atomic mass is 35.5. The average Bonchev–Trinajstić information content (AvgIpc) is 3.69. The maximum absolute atomic E-state index is 16.9. The number of hydrogen-bond acceptors (Lipinski definition) is 6. The smallest absolute Gasteiger partial charge is 0.319 e. The summed E-state index contributed by atoms with van der Waals surface area (Å²) >= 11 is 13.6. The Hall–Kier alpha value is -3.46. The second-order valence-electron chi connectivity index (χ2n) is 12.4. The van der Waals surface area contributed by atoms with Gasteiger partial charge in [0.05, 0.1) is 22.6 Å². The number of carbonyl (C=O) groups is 1. The molecule has 4 fully saturated rings. The fourth-order valence-electron chi connectivity index (χ4n) is 8.11. The van der Waals surface area contributed by atoms with Crippen molar-refractivity contribution in [2.24, 2.45) is 0 Å². The van der Waals surface area contributed by atoms with E-state index in [1.54, 1.807) is 12.1 Å². The quantitative estimate of drug-likeness (QED) is 0.216. The number of rotatable bonds is 6. The molecule has 44 heavy (non-hydrogen) atoms. The zero-order chi connectivity index (χ0) is 30.2. The van der Waals surface area contributed by atoms with Crippen LogP contribution in [0.2, 0.25) is 10.0 Å². The van der Waals surface area contributed by atoms with Crippen molar-refractivity contribution in [3.05, 3.63) is 71.0 Å². The summed E-state index contributed by atoms with van der Waals surface area (Å²) in [6.07, 6.45) is 6.59. The SMILES string of the molecule is C=CC(=O)N1CCC2[C@H]1CN2c1nc(OCC23CCCN2CCC3)nc2c(F)c(-c3cccc4cccc(Cl)c34)c(Cl)cc12. The molecule has 8 rings (SSSR count). The molecule has 0 bridgehead atoms. The van der Waals surface area contributed by atoms with Crippen molar-refractivity contribution in [1.82, 2.24) is 19.8 Å². The zero-order valence-corrected chi connectivity index (χ0v) is 25.7. The van der Waals surface area contributed by atoms with Crippen LogP contribution < -0.4 is 9.64 Å². The number of aromatic nitrogens is 2. The highest BCUT2D eigenvalue weighted by molar-refractivity contribution is 6.38. The predicted octanol–water partition coefficient (Wildman–Crippen LogP) is 6.88. The lowest BCUT2D eigenvalue weighted by Crippen LogP contribution is -2.63. The number of carbonyl (C=O) groups excluding carboxylic acids is 1. The highest BCUT2D eigenvalue weighted by Gasteiger charge is 2.50. The second-order valence-corrected chi connectivity index (χ2v) is 13.2. The molecular formula is C34H32Cl2FN5O2. The van der Waals surface area contributed by atoms with E-state index in [-0.39, 0.29) is 45.6 Å². The topological polar surface area (TPSA) is 61.8 Å². The first-order chi connectivity index (χ1) is 21.4. The standard InChI is InChI=1S/C34H32Cl2FN5O2/c1-2-27(43)41-16-11-25-26(41)18-42(25)32-22-17-24(36)29(21-9-3-7-20-8-4-10-23(35)28(20)21)30(37)31(22)38-33(39-32)44-19-34-12-5-14-40(34)15-6-13-34/h2-4,7-10,17,25-26H,1,5-6,11-16,18-19H2/t25?,26-/m1/s1. The average molecular weight is 633 g/mol. The lowest BCUT2D eigenvalue weighted by atomic mass is 9.94. The summed E-state index contributed by atoms with van der Waals surface area (Å²) in [5.74, 6) is -0.0327. The van der Waals surface area contributed by atoms with Gasteiger partial charge in [-0.3, -0.25) is 9.69 Å². The summed E-state index contributed by atoms with van der Waals surface area (Å²) in [7, 11) is 0. The largest absolute Gasteiger partial charge is 0.461 e. The van der Waals surface area contributed by atoms with Crippen LogP contribution in [0, 0.1) is 5.82 Å². The number of likely N-dealkylation sites (tertiary alicyclic amines) is 1. The molecule has 4 aromatic rings. The van der Waals surface area contributed by atoms with Gasteiger partial charge in [0.15, 0.2) is 5.82 Å². The van der Waals surface area contributed by atoms with E-state index in [2.05, 4.69) is 16.4 Å². The van der Waals surface area contributed by atoms with Gasteiger partial charge >= 0.3 is 6.01 Å². The lowest BCUT2D eigenvalue weighted by Gasteiger charge is -2.47. The molecule has 0 aliphatic carbocycles. The number of anilines is 1. The van der Waals surface area contributed by atoms with Crippen molar-refractivity contribution in [3.63, 3.8) is 0 Å². The predicted molar refractivity (Wildman–Crippen MR) is 172 cm³/mol. The van der Waals surface area contributed by atoms with Crippen LogP contribution in [0.1, 0.15) is 32.1 Å². The Morgan fingerprint density at radius 3 is 2.61 bits per heavy atom. The van der Waals surface area contributed by atoms with Crippen LogP contribution in [0.5, 0.6) is 6.01 Å². The van der Waals surface area contributed by atoms with Crippen LogP contribution in [0.4, 0.5) is 10.2 Å². The molecule has 7 nitrogen and oxygen atoms in total. The van der Waals surface area contributed by atoms with Gasteiger partial charge in [-0.05, 0) is 74.4 Å². The van der Waals surface area contributed by atoms with Gasteiger partial charge in [0.2, 0.25) is 5.91 Å². The van der Waals surface area contributed by atoms with Crippen LogP contribution in [-0.2, 0) is 4.79 Å². The van der Waals surface area contributed by atoms with Crippen LogP contribution in [-0.4, -0.2) is 76.1 Å². The minimum Gasteiger partial charge on any atom is -0.461 e. The molecule has 2 atom stereocenters. The Labute approximate surface area is 265 Å². The van der Waals surface area contributed by atoms with Gasteiger partial charge < -0.3 is 14.5 Å². The molecule has 0 saturated carbocycles. The molecule has 1 unspecified atom stereocenters. The number of ether oxygens (including phenoxy) is 1. The van der Waals surface area contributed by atoms with Crippen LogP contribution >= 0.6 is 23.2 Å². The molecule has 4 aliphatic rings. The first-order valence-electron chi connectivity index (χ1n) is 15.3. The summed E-state index contributed by atoms with van der Waals surface area (Å²) in [5, 5.41) is 2.90. The van der Waals surface area contributed by atoms with E-state index in [1.165, 1.54) is 6.08 Å². The van der Waals surface area contributed by atoms with Crippen molar-refractivity contribution in [3.8, 4) is 17.1 Å². The van der Waals surface area contributed by atoms with Crippen molar-refractivity contribution in [2.45, 2.75) is 49.7 Å². The van der Waals surface area contributed by atoms with Gasteiger partial charge in [-0.25, -0.2) is 4.39 Å². The molecule has 226 valence electrons. The zero-order valence-electron chi connectivity index (χ0n) is 24.2. The van der Waals surface area contributed by atoms with Gasteiger partial charge in [-0.2, -0.15) is 9.97 Å². The molecule has 3 aromatic carbocycles. The van der Waals surface area contributed by atoms with Gasteiger partial charge in [0, 0.05) is 34.4 Å². The summed E-state index contributed by atoms with van der Waals surface area (Å²) in [6, 6.07) is 13.3. The minimum atomic E-state index is -0.540. The van der Waals surface area contributed by atoms with E-state index in [1.807, 2.05) is 35.2 Å². The summed E-state index contributed by atoms with van der Waals surface area (Å²) < 4.78 is 23.3. The van der Waals surface area contributed by atoms with E-state index in [4.69, 9.17) is 37.9 Å². The Balaban J connectivity index is 1.25. The molecular weight excluding hydrogens is 600 g/mol. The lowest BCUT2D eigenvalue weighted by molar-refractivity contribution is -0.127. The van der Waals surface area contributed by atoms with Gasteiger partial charge in [-0.15, -0.1) is 0 Å². The molecule has 1 amide bonds. The number of amides is 1. The Morgan fingerprint density at radius 2 is 1.84 bits per heavy atom. The van der Waals surface area contributed by atoms with E-state index in [0.29, 0.717) is 41.5 Å². The maximum Gasteiger partial charge on any atom is 0.319 e. The van der Waals surface area contributed by atoms with Crippen molar-refractivity contribution in [1.29, 1.82) is 0 Å². The Bertz CT molecular complexity index is 1840. The third-order valence-corrected chi connectivity index (χ3v) is 10.9. The van der Waals surface area contributed by atoms with E-state index in [9.17, 15) is 4.79 Å². The summed E-state index contributed by atoms with van der Waals surface area (Å²) in [5.41, 5.74) is 0.988. The number of fused-ring (bicyclic) bond motifs is 4. The molecule has 0 radical (unpaired) electrons. The molecule has 5 heterocycles. The van der Waals surface area contributed by atoms with Crippen molar-refractivity contribution < 1.29 is 13.9 Å². The molecule has 0 spiro atoms. The monoisotopic (exact) mass is 631 g/mol. The van der Waals surface area contributed by atoms with Crippen LogP contribution in [0.15, 0.2) is 55.1 Å². The third-order valence-electron chi connectivity index (χ3n) is 10.3. The number of benzene rings is 3. The fraction of sp³-hybridized carbons (Fsp3) is 0.382. The number of halogens is 3. The summed E-state index contributed by atoms with van der Waals surface area (Å²) in [4.78, 5) is 28.6. The maximum atomic E-state index is 16.9. The molecule has 0 N–H and O–H groups in total. The molecule has 4 aliphatic heterocycles. The van der Waals surface area contributed by atoms with E-state index < -0.39 is 5.82 Å². The molecule has 1 aromatic heterocycles. The fourth-order valence-corrected chi connectivity index (χ4v) is 8.69. The van der Waals surface area contributed by atoms with Gasteiger partial charge in [0.1, 0.15) is 17.9 Å². The number of hydrogen-bond donors (Lipinski definition) is 0. The van der Waals surface area contributed by atoms with Crippen molar-refractivity contribution in [2.75, 3.05) is 37.7 Å². The molecule has 10 heteroatoms. The van der Waals surface area contributed by atoms with Crippen LogP contribution in [0.3, 0.4) is 0 Å². The van der Waals surface area contributed by atoms with Gasteiger partial charge in [0.25, 0.3) is 0 Å². The van der Waals surface area contributed by atoms with Crippen LogP contribution in [0.25, 0.3) is 32.8 Å². The highest BCUT2D eigenvalue weighted by Crippen LogP contribution is 2.45. The minimum absolute atomic E-state index is 0.0132. The third kappa shape index (κ3) is 4.21. The molecule has 4 saturated heterocycles. The second kappa shape index (κ2) is 10.6. The first-order valence-corrected chi connectivity index (χ1v) is 16.1. The van der Waals surface area contributed by atoms with E-state index in [0.717, 1.165) is 56.0 Å². The normalized spacial score (nSPS) is 22.3. The van der Waals surface area contributed by atoms with E-state index >= 15 is 4.39 Å². The van der Waals surface area contributed by atoms with Gasteiger partial charge in [-0.1, -0.05) is 60.1 Å². The number of nitrogens with zero attached hydrogens (tertiary/aromatic N) is 5. The van der Waals surface area contributed by atoms with Crippen molar-refractivity contribution >= 4 is 56.6 Å². The summed E-state index contributed by atoms with van der Waals surface area (Å²) in [6.45, 7) is 7.50.